The SMILES string of the molecule is CCc1nc(CN(C)C(=O)c2ccc(C)c(NC(=O)c3ccccc3F)c2)cs1. The summed E-state index contributed by atoms with van der Waals surface area (Å²) < 4.78 is 13.9. The number of benzene rings is 2. The molecule has 1 N–H and O–H groups in total. The molecule has 0 fully saturated rings. The van der Waals surface area contributed by atoms with E-state index in [0.29, 0.717) is 17.8 Å². The lowest BCUT2D eigenvalue weighted by Gasteiger charge is -2.17. The van der Waals surface area contributed by atoms with Crippen molar-refractivity contribution in [3.05, 3.63) is 81.1 Å². The fourth-order valence-corrected chi connectivity index (χ4v) is 3.58. The lowest BCUT2D eigenvalue weighted by molar-refractivity contribution is 0.0783. The fourth-order valence-electron chi connectivity index (χ4n) is 2.84. The average Bonchev–Trinajstić information content (AvgIpc) is 3.16. The Labute approximate surface area is 173 Å². The molecule has 0 bridgehead atoms. The third-order valence-corrected chi connectivity index (χ3v) is 5.54. The Morgan fingerprint density at radius 3 is 2.66 bits per heavy atom. The van der Waals surface area contributed by atoms with Crippen molar-refractivity contribution in [2.45, 2.75) is 26.8 Å². The maximum Gasteiger partial charge on any atom is 0.258 e. The molecule has 2 amide bonds. The van der Waals surface area contributed by atoms with Crippen molar-refractivity contribution in [2.75, 3.05) is 12.4 Å². The number of carbonyl (C=O) groups is 2. The fraction of sp³-hybridized carbons (Fsp3) is 0.227. The van der Waals surface area contributed by atoms with Gasteiger partial charge in [0, 0.05) is 23.7 Å². The van der Waals surface area contributed by atoms with Crippen LogP contribution in [0.5, 0.6) is 0 Å². The first-order chi connectivity index (χ1) is 13.9. The highest BCUT2D eigenvalue weighted by molar-refractivity contribution is 7.09. The smallest absolute Gasteiger partial charge is 0.258 e. The maximum absolute atomic E-state index is 13.9. The van der Waals surface area contributed by atoms with Gasteiger partial charge in [-0.05, 0) is 43.2 Å². The van der Waals surface area contributed by atoms with Gasteiger partial charge in [0.2, 0.25) is 0 Å². The number of amides is 2. The molecule has 1 aromatic heterocycles. The van der Waals surface area contributed by atoms with Gasteiger partial charge >= 0.3 is 0 Å². The van der Waals surface area contributed by atoms with E-state index in [-0.39, 0.29) is 11.5 Å². The second kappa shape index (κ2) is 8.96. The highest BCUT2D eigenvalue weighted by atomic mass is 32.1. The van der Waals surface area contributed by atoms with Crippen LogP contribution in [0.1, 0.15) is 43.9 Å². The molecule has 0 radical (unpaired) electrons. The van der Waals surface area contributed by atoms with Gasteiger partial charge in [-0.15, -0.1) is 11.3 Å². The minimum absolute atomic E-state index is 0.0454. The van der Waals surface area contributed by atoms with Crippen LogP contribution in [0.25, 0.3) is 0 Å². The highest BCUT2D eigenvalue weighted by Gasteiger charge is 2.17. The van der Waals surface area contributed by atoms with Crippen LogP contribution >= 0.6 is 11.3 Å². The van der Waals surface area contributed by atoms with Gasteiger partial charge in [0.05, 0.1) is 22.8 Å². The topological polar surface area (TPSA) is 62.3 Å². The van der Waals surface area contributed by atoms with E-state index >= 15 is 0 Å². The minimum Gasteiger partial charge on any atom is -0.336 e. The van der Waals surface area contributed by atoms with Crippen LogP contribution in [-0.4, -0.2) is 28.7 Å². The number of nitrogens with zero attached hydrogens (tertiary/aromatic N) is 2. The number of rotatable bonds is 6. The molecule has 2 aromatic carbocycles. The van der Waals surface area contributed by atoms with E-state index in [0.717, 1.165) is 22.7 Å². The predicted molar refractivity (Wildman–Crippen MR) is 113 cm³/mol. The zero-order valence-electron chi connectivity index (χ0n) is 16.5. The average molecular weight is 412 g/mol. The van der Waals surface area contributed by atoms with Crippen molar-refractivity contribution in [3.8, 4) is 0 Å². The van der Waals surface area contributed by atoms with Gasteiger partial charge in [0.25, 0.3) is 11.8 Å². The van der Waals surface area contributed by atoms with Crippen LogP contribution in [0.3, 0.4) is 0 Å². The number of nitrogens with one attached hydrogen (secondary N) is 1. The van der Waals surface area contributed by atoms with E-state index in [2.05, 4.69) is 10.3 Å². The van der Waals surface area contributed by atoms with E-state index < -0.39 is 11.7 Å². The van der Waals surface area contributed by atoms with Crippen LogP contribution in [0.4, 0.5) is 10.1 Å². The van der Waals surface area contributed by atoms with Gasteiger partial charge in [-0.25, -0.2) is 9.37 Å². The molecule has 3 rings (SSSR count). The first kappa shape index (κ1) is 20.7. The summed E-state index contributed by atoms with van der Waals surface area (Å²) in [7, 11) is 1.71. The molecule has 0 saturated heterocycles. The first-order valence-corrected chi connectivity index (χ1v) is 10.1. The Morgan fingerprint density at radius 2 is 1.97 bits per heavy atom. The minimum atomic E-state index is -0.593. The van der Waals surface area contributed by atoms with E-state index in [1.54, 1.807) is 47.5 Å². The van der Waals surface area contributed by atoms with Gasteiger partial charge in [0.15, 0.2) is 0 Å². The first-order valence-electron chi connectivity index (χ1n) is 9.24. The number of thiazole rings is 1. The molecule has 0 aliphatic rings. The number of hydrogen-bond donors (Lipinski definition) is 1. The molecule has 5 nitrogen and oxygen atoms in total. The number of anilines is 1. The maximum atomic E-state index is 13.9. The van der Waals surface area contributed by atoms with Crippen molar-refractivity contribution >= 4 is 28.8 Å². The molecular formula is C22H22FN3O2S. The number of aryl methyl sites for hydroxylation is 2. The van der Waals surface area contributed by atoms with Crippen LogP contribution in [-0.2, 0) is 13.0 Å². The molecule has 0 saturated carbocycles. The molecular weight excluding hydrogens is 389 g/mol. The Balaban J connectivity index is 1.76. The van der Waals surface area contributed by atoms with Crippen LogP contribution in [0, 0.1) is 12.7 Å². The Morgan fingerprint density at radius 1 is 1.21 bits per heavy atom. The van der Waals surface area contributed by atoms with Crippen molar-refractivity contribution in [1.82, 2.24) is 9.88 Å². The van der Waals surface area contributed by atoms with E-state index in [1.165, 1.54) is 18.2 Å². The quantitative estimate of drug-likeness (QED) is 0.641. The zero-order chi connectivity index (χ0) is 21.0. The van der Waals surface area contributed by atoms with Crippen LogP contribution in [0.15, 0.2) is 47.8 Å². The largest absolute Gasteiger partial charge is 0.336 e. The summed E-state index contributed by atoms with van der Waals surface area (Å²) >= 11 is 1.58. The van der Waals surface area contributed by atoms with Gasteiger partial charge < -0.3 is 10.2 Å². The molecule has 0 aliphatic carbocycles. The predicted octanol–water partition coefficient (Wildman–Crippen LogP) is 4.68. The molecule has 0 spiro atoms. The number of carbonyl (C=O) groups excluding carboxylic acids is 2. The van der Waals surface area contributed by atoms with E-state index in [4.69, 9.17) is 0 Å². The third-order valence-electron chi connectivity index (χ3n) is 4.50. The molecule has 150 valence electrons. The Bertz CT molecular complexity index is 1050. The Kier molecular flexibility index (Phi) is 6.39. The Hall–Kier alpha value is -3.06. The monoisotopic (exact) mass is 411 g/mol. The second-order valence-electron chi connectivity index (χ2n) is 6.71. The number of halogens is 1. The highest BCUT2D eigenvalue weighted by Crippen LogP contribution is 2.20. The zero-order valence-corrected chi connectivity index (χ0v) is 17.3. The molecule has 3 aromatic rings. The van der Waals surface area contributed by atoms with Crippen LogP contribution in [0.2, 0.25) is 0 Å². The van der Waals surface area contributed by atoms with Crippen molar-refractivity contribution in [3.63, 3.8) is 0 Å². The van der Waals surface area contributed by atoms with Crippen molar-refractivity contribution in [2.24, 2.45) is 0 Å². The molecule has 29 heavy (non-hydrogen) atoms. The molecule has 0 atom stereocenters. The van der Waals surface area contributed by atoms with Crippen LogP contribution < -0.4 is 5.32 Å². The summed E-state index contributed by atoms with van der Waals surface area (Å²) in [5.74, 6) is -1.33. The summed E-state index contributed by atoms with van der Waals surface area (Å²) in [5.41, 5.74) is 2.49. The number of aromatic nitrogens is 1. The summed E-state index contributed by atoms with van der Waals surface area (Å²) in [6.07, 6.45) is 0.866. The number of hydrogen-bond acceptors (Lipinski definition) is 4. The summed E-state index contributed by atoms with van der Waals surface area (Å²) in [5, 5.41) is 5.69. The standard InChI is InChI=1S/C22H22FN3O2S/c1-4-20-24-16(13-29-20)12-26(3)22(28)15-10-9-14(2)19(11-15)25-21(27)17-7-5-6-8-18(17)23/h5-11,13H,4,12H2,1-3H3,(H,25,27). The summed E-state index contributed by atoms with van der Waals surface area (Å²) in [6.45, 7) is 4.26. The van der Waals surface area contributed by atoms with E-state index in [1.807, 2.05) is 19.2 Å². The van der Waals surface area contributed by atoms with E-state index in [9.17, 15) is 14.0 Å². The summed E-state index contributed by atoms with van der Waals surface area (Å²) in [6, 6.07) is 10.9. The second-order valence-corrected chi connectivity index (χ2v) is 7.65. The lowest BCUT2D eigenvalue weighted by Crippen LogP contribution is -2.26. The van der Waals surface area contributed by atoms with Gasteiger partial charge in [-0.3, -0.25) is 9.59 Å². The molecule has 0 aliphatic heterocycles. The molecule has 0 unspecified atom stereocenters. The van der Waals surface area contributed by atoms with Gasteiger partial charge in [0.1, 0.15) is 5.82 Å². The molecule has 7 heteroatoms. The lowest BCUT2D eigenvalue weighted by atomic mass is 10.1. The third kappa shape index (κ3) is 4.86. The van der Waals surface area contributed by atoms with Crippen molar-refractivity contribution in [1.29, 1.82) is 0 Å². The van der Waals surface area contributed by atoms with Gasteiger partial charge in [-0.1, -0.05) is 25.1 Å². The molecule has 1 heterocycles. The normalized spacial score (nSPS) is 10.6. The van der Waals surface area contributed by atoms with Gasteiger partial charge in [-0.2, -0.15) is 0 Å². The van der Waals surface area contributed by atoms with Crippen molar-refractivity contribution < 1.29 is 14.0 Å². The summed E-state index contributed by atoms with van der Waals surface area (Å²) in [4.78, 5) is 31.3.